The number of fused-ring (bicyclic) bond motifs is 2. The van der Waals surface area contributed by atoms with Gasteiger partial charge in [0, 0.05) is 51.7 Å². The number of rotatable bonds is 8. The zero-order valence-electron chi connectivity index (χ0n) is 31.9. The van der Waals surface area contributed by atoms with Crippen LogP contribution in [0.4, 0.5) is 20.2 Å². The van der Waals surface area contributed by atoms with E-state index in [4.69, 9.17) is 0 Å². The summed E-state index contributed by atoms with van der Waals surface area (Å²) in [5.74, 6) is -0.764. The Balaban J connectivity index is 0.778. The third-order valence-corrected chi connectivity index (χ3v) is 13.1. The number of benzene rings is 1. The summed E-state index contributed by atoms with van der Waals surface area (Å²) in [5.41, 5.74) is 2.69. The van der Waals surface area contributed by atoms with E-state index in [1.54, 1.807) is 39.3 Å². The first-order valence-electron chi connectivity index (χ1n) is 20.1. The van der Waals surface area contributed by atoms with E-state index in [-0.39, 0.29) is 35.3 Å². The number of aromatic nitrogens is 7. The van der Waals surface area contributed by atoms with Crippen molar-refractivity contribution in [2.45, 2.75) is 82.7 Å². The van der Waals surface area contributed by atoms with Crippen LogP contribution in [0.5, 0.6) is 0 Å². The summed E-state index contributed by atoms with van der Waals surface area (Å²) < 4.78 is 34.4. The van der Waals surface area contributed by atoms with Gasteiger partial charge >= 0.3 is 5.69 Å². The molecule has 3 amide bonds. The second-order valence-corrected chi connectivity index (χ2v) is 16.4. The number of piperidine rings is 3. The molecule has 1 saturated carbocycles. The normalized spacial score (nSPS) is 23.2. The number of amides is 3. The molecular formula is C40H47F2N11O4. The Hall–Kier alpha value is -5.45. The minimum absolute atomic E-state index is 0.00650. The zero-order chi connectivity index (χ0) is 39.4. The van der Waals surface area contributed by atoms with E-state index in [0.29, 0.717) is 28.9 Å². The first-order chi connectivity index (χ1) is 27.6. The lowest BCUT2D eigenvalue weighted by Gasteiger charge is -2.48. The van der Waals surface area contributed by atoms with Crippen molar-refractivity contribution < 1.29 is 23.2 Å². The molecule has 3 saturated heterocycles. The Morgan fingerprint density at radius 2 is 1.75 bits per heavy atom. The number of imide groups is 1. The number of anilines is 2. The van der Waals surface area contributed by atoms with E-state index in [1.807, 2.05) is 12.1 Å². The lowest BCUT2D eigenvalue weighted by molar-refractivity contribution is -0.135. The molecule has 4 aromatic heterocycles. The van der Waals surface area contributed by atoms with Crippen LogP contribution < -0.4 is 21.2 Å². The fourth-order valence-electron chi connectivity index (χ4n) is 9.82. The van der Waals surface area contributed by atoms with Crippen molar-refractivity contribution in [3.8, 4) is 0 Å². The molecule has 300 valence electrons. The molecule has 57 heavy (non-hydrogen) atoms. The molecule has 1 unspecified atom stereocenters. The molecule has 1 spiro atoms. The molecule has 9 rings (SSSR count). The van der Waals surface area contributed by atoms with Gasteiger partial charge in [-0.15, -0.1) is 0 Å². The van der Waals surface area contributed by atoms with Crippen LogP contribution in [-0.2, 0) is 16.6 Å². The van der Waals surface area contributed by atoms with Crippen LogP contribution in [0.3, 0.4) is 0 Å². The van der Waals surface area contributed by atoms with Gasteiger partial charge in [-0.05, 0) is 100 Å². The number of hydrogen-bond acceptors (Lipinski definition) is 9. The highest BCUT2D eigenvalue weighted by atomic mass is 19.3. The molecule has 4 aliphatic rings. The fourth-order valence-corrected chi connectivity index (χ4v) is 9.82. The number of nitrogens with zero attached hydrogens (tertiary/aromatic N) is 9. The van der Waals surface area contributed by atoms with Crippen molar-refractivity contribution in [3.05, 3.63) is 70.8 Å². The van der Waals surface area contributed by atoms with E-state index < -0.39 is 30.0 Å². The van der Waals surface area contributed by atoms with Gasteiger partial charge < -0.3 is 15.1 Å². The van der Waals surface area contributed by atoms with Crippen LogP contribution in [0.1, 0.15) is 98.8 Å². The van der Waals surface area contributed by atoms with E-state index in [0.717, 1.165) is 95.3 Å². The molecule has 5 aromatic rings. The Morgan fingerprint density at radius 1 is 1.00 bits per heavy atom. The highest BCUT2D eigenvalue weighted by molar-refractivity contribution is 6.08. The molecule has 1 aromatic carbocycles. The maximum absolute atomic E-state index is 14.1. The smallest absolute Gasteiger partial charge is 0.329 e. The Bertz CT molecular complexity index is 2390. The van der Waals surface area contributed by atoms with Crippen LogP contribution in [-0.4, -0.2) is 88.9 Å². The highest BCUT2D eigenvalue weighted by Crippen LogP contribution is 2.44. The molecule has 3 aliphatic heterocycles. The molecule has 1 aliphatic carbocycles. The molecule has 15 nitrogen and oxygen atoms in total. The van der Waals surface area contributed by atoms with Crippen LogP contribution in [0.15, 0.2) is 53.8 Å². The Morgan fingerprint density at radius 3 is 2.49 bits per heavy atom. The second kappa shape index (κ2) is 14.8. The first-order valence-corrected chi connectivity index (χ1v) is 20.1. The van der Waals surface area contributed by atoms with E-state index in [1.165, 1.54) is 16.9 Å². The van der Waals surface area contributed by atoms with Crippen molar-refractivity contribution in [1.82, 2.24) is 43.7 Å². The number of hydrogen-bond donors (Lipinski definition) is 2. The van der Waals surface area contributed by atoms with Gasteiger partial charge in [0.15, 0.2) is 11.3 Å². The molecule has 2 N–H and O–H groups in total. The quantitative estimate of drug-likeness (QED) is 0.210. The maximum atomic E-state index is 14.1. The monoisotopic (exact) mass is 783 g/mol. The summed E-state index contributed by atoms with van der Waals surface area (Å²) in [4.78, 5) is 60.2. The number of nitrogens with one attached hydrogen (secondary N) is 2. The van der Waals surface area contributed by atoms with Crippen molar-refractivity contribution in [2.24, 2.45) is 18.4 Å². The fraction of sp³-hybridized carbons (Fsp3) is 0.525. The van der Waals surface area contributed by atoms with Gasteiger partial charge in [-0.3, -0.25) is 33.5 Å². The number of aryl methyl sites for hydroxylation is 1. The molecule has 7 heterocycles. The van der Waals surface area contributed by atoms with Crippen LogP contribution in [0, 0.1) is 11.3 Å². The Labute approximate surface area is 327 Å². The van der Waals surface area contributed by atoms with Crippen molar-refractivity contribution >= 4 is 45.8 Å². The number of carbonyl (C=O) groups excluding carboxylic acids is 3. The third-order valence-electron chi connectivity index (χ3n) is 13.1. The van der Waals surface area contributed by atoms with E-state index in [2.05, 4.69) is 41.7 Å². The van der Waals surface area contributed by atoms with Gasteiger partial charge in [0.1, 0.15) is 11.6 Å². The zero-order valence-corrected chi connectivity index (χ0v) is 31.9. The van der Waals surface area contributed by atoms with Crippen molar-refractivity contribution in [3.63, 3.8) is 0 Å². The molecule has 17 heteroatoms. The largest absolute Gasteiger partial charge is 0.370 e. The van der Waals surface area contributed by atoms with Gasteiger partial charge in [0.2, 0.25) is 11.8 Å². The van der Waals surface area contributed by atoms with Crippen LogP contribution >= 0.6 is 0 Å². The van der Waals surface area contributed by atoms with Gasteiger partial charge in [-0.1, -0.05) is 6.07 Å². The summed E-state index contributed by atoms with van der Waals surface area (Å²) in [6.45, 7) is 4.93. The standard InChI is InChI=1S/C40H47F2N11O4/c1-48-34-29(4-2-5-30(34)53(39(48)57)31-10-11-32(54)46-38(31)56)50-20-14-40(15-21-50)12-18-49(19-13-40)23-25-6-8-26(9-7-25)52-24-28(33(47-52)35(41)42)45-37(55)27-22-44-51-17-3-16-43-36(27)51/h2-5,16-17,22,24-26,31,35H,6-15,18-21,23H2,1H3,(H,45,55)(H,46,54,56)/t25-,26-,31?. The lowest BCUT2D eigenvalue weighted by atomic mass is 9.71. The van der Waals surface area contributed by atoms with Crippen molar-refractivity contribution in [2.75, 3.05) is 42.9 Å². The number of halogens is 2. The summed E-state index contributed by atoms with van der Waals surface area (Å²) in [5, 5.41) is 13.4. The van der Waals surface area contributed by atoms with Gasteiger partial charge in [0.25, 0.3) is 12.3 Å². The predicted octanol–water partition coefficient (Wildman–Crippen LogP) is 4.86. The first kappa shape index (κ1) is 37.1. The second-order valence-electron chi connectivity index (χ2n) is 16.4. The lowest BCUT2D eigenvalue weighted by Crippen LogP contribution is -2.48. The summed E-state index contributed by atoms with van der Waals surface area (Å²) in [6.07, 6.45) is 11.9. The SMILES string of the molecule is Cn1c(=O)n(C2CCC(=O)NC2=O)c2cccc(N3CCC4(CCN(C[C@H]5CC[C@H](n6cc(NC(=O)c7cnn8cccnc78)c(C(F)F)n6)CC5)CC4)CC3)c21. The highest BCUT2D eigenvalue weighted by Gasteiger charge is 2.39. The van der Waals surface area contributed by atoms with E-state index in [9.17, 15) is 28.0 Å². The van der Waals surface area contributed by atoms with E-state index >= 15 is 0 Å². The number of alkyl halides is 2. The van der Waals surface area contributed by atoms with Gasteiger partial charge in [-0.25, -0.2) is 23.1 Å². The average molecular weight is 784 g/mol. The van der Waals surface area contributed by atoms with Crippen LogP contribution in [0.25, 0.3) is 16.7 Å². The molecule has 0 radical (unpaired) electrons. The molecule has 1 atom stereocenters. The maximum Gasteiger partial charge on any atom is 0.329 e. The van der Waals surface area contributed by atoms with Gasteiger partial charge in [0.05, 0.1) is 34.6 Å². The average Bonchev–Trinajstić information content (AvgIpc) is 3.91. The molecular weight excluding hydrogens is 737 g/mol. The summed E-state index contributed by atoms with van der Waals surface area (Å²) in [7, 11) is 1.76. The number of imidazole rings is 1. The number of carbonyl (C=O) groups is 3. The molecule has 0 bridgehead atoms. The topological polar surface area (TPSA) is 157 Å². The number of para-hydroxylation sites is 1. The van der Waals surface area contributed by atoms with Crippen molar-refractivity contribution in [1.29, 1.82) is 0 Å². The Kier molecular flexibility index (Phi) is 9.65. The number of likely N-dealkylation sites (tertiary alicyclic amines) is 1. The summed E-state index contributed by atoms with van der Waals surface area (Å²) >= 11 is 0. The minimum atomic E-state index is -2.83. The third kappa shape index (κ3) is 6.89. The molecule has 4 fully saturated rings. The predicted molar refractivity (Wildman–Crippen MR) is 207 cm³/mol. The minimum Gasteiger partial charge on any atom is -0.370 e. The summed E-state index contributed by atoms with van der Waals surface area (Å²) in [6, 6.07) is 6.87. The van der Waals surface area contributed by atoms with Gasteiger partial charge in [-0.2, -0.15) is 10.2 Å². The van der Waals surface area contributed by atoms with Crippen LogP contribution in [0.2, 0.25) is 0 Å².